The van der Waals surface area contributed by atoms with Crippen molar-refractivity contribution in [3.63, 3.8) is 0 Å². The van der Waals surface area contributed by atoms with Gasteiger partial charge >= 0.3 is 0 Å². The Labute approximate surface area is 166 Å². The molecule has 1 N–H and O–H groups in total. The van der Waals surface area contributed by atoms with Crippen LogP contribution in [0.15, 0.2) is 29.2 Å². The van der Waals surface area contributed by atoms with E-state index in [0.29, 0.717) is 51.7 Å². The Bertz CT molecular complexity index is 760. The molecule has 0 spiro atoms. The van der Waals surface area contributed by atoms with E-state index in [-0.39, 0.29) is 22.8 Å². The first kappa shape index (κ1) is 21.0. The molecule has 1 amide bonds. The number of rotatable bonds is 7. The van der Waals surface area contributed by atoms with Crippen molar-refractivity contribution >= 4 is 15.9 Å². The van der Waals surface area contributed by atoms with Crippen LogP contribution in [0.2, 0.25) is 0 Å². The first-order chi connectivity index (χ1) is 13.4. The molecule has 1 aromatic carbocycles. The van der Waals surface area contributed by atoms with E-state index in [4.69, 9.17) is 9.47 Å². The summed E-state index contributed by atoms with van der Waals surface area (Å²) in [6.45, 7) is 8.20. The van der Waals surface area contributed by atoms with Crippen LogP contribution in [0.4, 0.5) is 0 Å². The molecule has 1 atom stereocenters. The third-order valence-corrected chi connectivity index (χ3v) is 6.98. The van der Waals surface area contributed by atoms with Crippen LogP contribution in [0.3, 0.4) is 0 Å². The van der Waals surface area contributed by atoms with Gasteiger partial charge in [-0.1, -0.05) is 13.8 Å². The van der Waals surface area contributed by atoms with Gasteiger partial charge in [-0.3, -0.25) is 9.69 Å². The number of carbonyl (C=O) groups excluding carboxylic acids is 1. The summed E-state index contributed by atoms with van der Waals surface area (Å²) in [7, 11) is -3.49. The predicted molar refractivity (Wildman–Crippen MR) is 105 cm³/mol. The fourth-order valence-electron chi connectivity index (χ4n) is 3.63. The molecular weight excluding hydrogens is 382 g/mol. The number of sulfonamides is 1. The van der Waals surface area contributed by atoms with Gasteiger partial charge in [-0.15, -0.1) is 0 Å². The number of morpholine rings is 1. The number of nitrogens with one attached hydrogen (secondary N) is 1. The van der Waals surface area contributed by atoms with Gasteiger partial charge in [0.15, 0.2) is 0 Å². The van der Waals surface area contributed by atoms with Crippen molar-refractivity contribution in [2.75, 3.05) is 52.5 Å². The van der Waals surface area contributed by atoms with Crippen LogP contribution in [0.25, 0.3) is 0 Å². The average Bonchev–Trinajstić information content (AvgIpc) is 2.69. The largest absolute Gasteiger partial charge is 0.492 e. The number of nitrogens with zero attached hydrogens (tertiary/aromatic N) is 2. The van der Waals surface area contributed by atoms with Crippen molar-refractivity contribution < 1.29 is 22.7 Å². The fourth-order valence-corrected chi connectivity index (χ4v) is 5.04. The van der Waals surface area contributed by atoms with Crippen molar-refractivity contribution in [1.82, 2.24) is 14.5 Å². The van der Waals surface area contributed by atoms with E-state index < -0.39 is 10.0 Å². The van der Waals surface area contributed by atoms with Gasteiger partial charge in [0.1, 0.15) is 12.4 Å². The van der Waals surface area contributed by atoms with E-state index in [2.05, 4.69) is 10.2 Å². The predicted octanol–water partition coefficient (Wildman–Crippen LogP) is 0.543. The zero-order valence-corrected chi connectivity index (χ0v) is 17.3. The van der Waals surface area contributed by atoms with Crippen LogP contribution >= 0.6 is 0 Å². The minimum Gasteiger partial charge on any atom is -0.492 e. The number of carbonyl (C=O) groups is 1. The number of hydrogen-bond donors (Lipinski definition) is 1. The molecule has 28 heavy (non-hydrogen) atoms. The van der Waals surface area contributed by atoms with E-state index >= 15 is 0 Å². The van der Waals surface area contributed by atoms with E-state index in [9.17, 15) is 13.2 Å². The molecule has 0 aromatic heterocycles. The highest BCUT2D eigenvalue weighted by Crippen LogP contribution is 2.21. The zero-order valence-electron chi connectivity index (χ0n) is 16.5. The molecule has 0 aliphatic carbocycles. The molecule has 2 aliphatic heterocycles. The first-order valence-corrected chi connectivity index (χ1v) is 11.2. The fraction of sp³-hybridized carbons (Fsp3) is 0.632. The van der Waals surface area contributed by atoms with Gasteiger partial charge in [-0.05, 0) is 30.2 Å². The molecule has 2 heterocycles. The van der Waals surface area contributed by atoms with Crippen LogP contribution in [-0.4, -0.2) is 82.1 Å². The average molecular weight is 412 g/mol. The van der Waals surface area contributed by atoms with Crippen molar-refractivity contribution in [2.45, 2.75) is 24.8 Å². The van der Waals surface area contributed by atoms with Crippen molar-refractivity contribution in [2.24, 2.45) is 5.92 Å². The summed E-state index contributed by atoms with van der Waals surface area (Å²) in [6.07, 6.45) is 0. The number of benzene rings is 1. The minimum atomic E-state index is -3.49. The number of piperazine rings is 1. The smallest absolute Gasteiger partial charge is 0.243 e. The van der Waals surface area contributed by atoms with Crippen LogP contribution in [-0.2, 0) is 19.6 Å². The second kappa shape index (κ2) is 9.21. The van der Waals surface area contributed by atoms with Crippen LogP contribution in [0, 0.1) is 5.92 Å². The summed E-state index contributed by atoms with van der Waals surface area (Å²) < 4.78 is 37.7. The maximum absolute atomic E-state index is 12.6. The summed E-state index contributed by atoms with van der Waals surface area (Å²) in [5, 5.41) is 2.91. The third-order valence-electron chi connectivity index (χ3n) is 5.07. The summed E-state index contributed by atoms with van der Waals surface area (Å²) in [4.78, 5) is 14.5. The minimum absolute atomic E-state index is 0.0684. The highest BCUT2D eigenvalue weighted by Gasteiger charge is 2.31. The van der Waals surface area contributed by atoms with Gasteiger partial charge in [0, 0.05) is 32.7 Å². The summed E-state index contributed by atoms with van der Waals surface area (Å²) in [5.74, 6) is 0.910. The van der Waals surface area contributed by atoms with Crippen molar-refractivity contribution in [1.29, 1.82) is 0 Å². The Morgan fingerprint density at radius 2 is 1.86 bits per heavy atom. The maximum atomic E-state index is 12.6. The molecule has 2 saturated heterocycles. The molecule has 8 nitrogen and oxygen atoms in total. The molecule has 9 heteroatoms. The van der Waals surface area contributed by atoms with E-state index in [1.807, 2.05) is 13.8 Å². The molecule has 2 fully saturated rings. The molecule has 156 valence electrons. The number of amides is 1. The van der Waals surface area contributed by atoms with E-state index in [1.165, 1.54) is 4.31 Å². The lowest BCUT2D eigenvalue weighted by Gasteiger charge is -2.37. The quantitative estimate of drug-likeness (QED) is 0.705. The molecule has 0 bridgehead atoms. The number of ether oxygens (including phenoxy) is 2. The van der Waals surface area contributed by atoms with Crippen LogP contribution in [0.5, 0.6) is 5.75 Å². The Balaban J connectivity index is 1.55. The molecular formula is C19H29N3O5S. The third kappa shape index (κ3) is 4.83. The lowest BCUT2D eigenvalue weighted by molar-refractivity contribution is -0.130. The standard InChI is InChI=1S/C19H29N3O5S/c1-15(2)18-19(23)20-7-8-21(18)9-14-27-16-3-5-17(6-4-16)28(24,25)22-10-12-26-13-11-22/h3-6,15,18H,7-14H2,1-2H3,(H,20,23). The molecule has 1 aromatic rings. The molecule has 0 saturated carbocycles. The molecule has 0 radical (unpaired) electrons. The molecule has 2 aliphatic rings. The molecule has 1 unspecified atom stereocenters. The summed E-state index contributed by atoms with van der Waals surface area (Å²) in [6, 6.07) is 6.36. The van der Waals surface area contributed by atoms with Gasteiger partial charge in [0.25, 0.3) is 0 Å². The van der Waals surface area contributed by atoms with Crippen LogP contribution in [0.1, 0.15) is 13.8 Å². The van der Waals surface area contributed by atoms with Gasteiger partial charge in [0.2, 0.25) is 15.9 Å². The van der Waals surface area contributed by atoms with E-state index in [1.54, 1.807) is 24.3 Å². The highest BCUT2D eigenvalue weighted by atomic mass is 32.2. The first-order valence-electron chi connectivity index (χ1n) is 9.72. The Morgan fingerprint density at radius 3 is 2.50 bits per heavy atom. The lowest BCUT2D eigenvalue weighted by atomic mass is 10.00. The topological polar surface area (TPSA) is 88.2 Å². The Morgan fingerprint density at radius 1 is 1.18 bits per heavy atom. The van der Waals surface area contributed by atoms with E-state index in [0.717, 1.165) is 6.54 Å². The van der Waals surface area contributed by atoms with Crippen molar-refractivity contribution in [3.8, 4) is 5.75 Å². The lowest BCUT2D eigenvalue weighted by Crippen LogP contribution is -2.58. The Kier molecular flexibility index (Phi) is 6.92. The monoisotopic (exact) mass is 411 g/mol. The van der Waals surface area contributed by atoms with Gasteiger partial charge in [0.05, 0.1) is 24.2 Å². The van der Waals surface area contributed by atoms with Crippen LogP contribution < -0.4 is 10.1 Å². The summed E-state index contributed by atoms with van der Waals surface area (Å²) >= 11 is 0. The van der Waals surface area contributed by atoms with Gasteiger partial charge in [-0.2, -0.15) is 4.31 Å². The Hall–Kier alpha value is -1.68. The van der Waals surface area contributed by atoms with Gasteiger partial charge < -0.3 is 14.8 Å². The molecule has 3 rings (SSSR count). The summed E-state index contributed by atoms with van der Waals surface area (Å²) in [5.41, 5.74) is 0. The maximum Gasteiger partial charge on any atom is 0.243 e. The second-order valence-corrected chi connectivity index (χ2v) is 9.29. The highest BCUT2D eigenvalue weighted by molar-refractivity contribution is 7.89. The van der Waals surface area contributed by atoms with Crippen molar-refractivity contribution in [3.05, 3.63) is 24.3 Å². The SMILES string of the molecule is CC(C)C1C(=O)NCCN1CCOc1ccc(S(=O)(=O)N2CCOCC2)cc1. The number of hydrogen-bond acceptors (Lipinski definition) is 6. The van der Waals surface area contributed by atoms with Gasteiger partial charge in [-0.25, -0.2) is 8.42 Å². The second-order valence-electron chi connectivity index (χ2n) is 7.35. The normalized spacial score (nSPS) is 22.2. The zero-order chi connectivity index (χ0) is 20.1.